The van der Waals surface area contributed by atoms with Crippen molar-refractivity contribution in [3.05, 3.63) is 71.0 Å². The van der Waals surface area contributed by atoms with Gasteiger partial charge in [-0.3, -0.25) is 0 Å². The molecule has 1 fully saturated rings. The van der Waals surface area contributed by atoms with Crippen molar-refractivity contribution < 1.29 is 0 Å². The fourth-order valence-corrected chi connectivity index (χ4v) is 4.23. The van der Waals surface area contributed by atoms with E-state index in [4.69, 9.17) is 0 Å². The molecule has 0 atom stereocenters. The molecule has 1 aliphatic carbocycles. The van der Waals surface area contributed by atoms with E-state index >= 15 is 0 Å². The number of aromatic nitrogens is 4. The zero-order chi connectivity index (χ0) is 18.7. The minimum Gasteiger partial charge on any atom is -0.301 e. The summed E-state index contributed by atoms with van der Waals surface area (Å²) < 4.78 is 1.93. The molecule has 0 amide bonds. The van der Waals surface area contributed by atoms with Gasteiger partial charge < -0.3 is 5.32 Å². The fraction of sp³-hybridized carbons (Fsp3) is 0.409. The monoisotopic (exact) mass is 361 g/mol. The van der Waals surface area contributed by atoms with Crippen LogP contribution in [0.5, 0.6) is 0 Å². The van der Waals surface area contributed by atoms with Crippen molar-refractivity contribution in [2.75, 3.05) is 0 Å². The second-order valence-corrected chi connectivity index (χ2v) is 7.74. The predicted molar refractivity (Wildman–Crippen MR) is 107 cm³/mol. The zero-order valence-electron chi connectivity index (χ0n) is 16.2. The van der Waals surface area contributed by atoms with Crippen LogP contribution in [0.2, 0.25) is 0 Å². The molecule has 1 N–H and O–H groups in total. The number of nitrogens with zero attached hydrogens (tertiary/aromatic N) is 4. The molecular weight excluding hydrogens is 334 g/mol. The van der Waals surface area contributed by atoms with Crippen LogP contribution in [0.3, 0.4) is 0 Å². The Bertz CT molecular complexity index is 874. The molecular formula is C22H27N5. The van der Waals surface area contributed by atoms with Gasteiger partial charge in [-0.2, -0.15) is 4.68 Å². The molecule has 1 aliphatic rings. The lowest BCUT2D eigenvalue weighted by atomic mass is 9.80. The first-order valence-electron chi connectivity index (χ1n) is 9.83. The van der Waals surface area contributed by atoms with Gasteiger partial charge in [-0.25, -0.2) is 0 Å². The molecule has 1 aromatic heterocycles. The standard InChI is InChI=1S/C22H27N5/c1-17-13-18(2)15-20(14-17)27-21(24-25-26-27)22(11-7-4-8-12-22)23-16-19-9-5-3-6-10-19/h3,5-6,9-10,13-15,23H,4,7-8,11-12,16H2,1-2H3. The topological polar surface area (TPSA) is 55.6 Å². The lowest BCUT2D eigenvalue weighted by Gasteiger charge is -2.37. The Morgan fingerprint density at radius 1 is 0.963 bits per heavy atom. The highest BCUT2D eigenvalue weighted by atomic mass is 15.6. The number of hydrogen-bond acceptors (Lipinski definition) is 4. The molecule has 2 aromatic carbocycles. The van der Waals surface area contributed by atoms with E-state index in [2.05, 4.69) is 83.2 Å². The minimum atomic E-state index is -0.185. The average molecular weight is 361 g/mol. The summed E-state index contributed by atoms with van der Waals surface area (Å²) in [5.41, 5.74) is 4.59. The fourth-order valence-electron chi connectivity index (χ4n) is 4.23. The average Bonchev–Trinajstić information content (AvgIpc) is 3.18. The molecule has 0 spiro atoms. The quantitative estimate of drug-likeness (QED) is 0.739. The van der Waals surface area contributed by atoms with E-state index in [0.717, 1.165) is 30.9 Å². The van der Waals surface area contributed by atoms with Crippen LogP contribution in [0.1, 0.15) is 54.6 Å². The van der Waals surface area contributed by atoms with Crippen LogP contribution in [-0.2, 0) is 12.1 Å². The van der Waals surface area contributed by atoms with Crippen molar-refractivity contribution in [2.45, 2.75) is 58.0 Å². The highest BCUT2D eigenvalue weighted by molar-refractivity contribution is 5.39. The van der Waals surface area contributed by atoms with Crippen LogP contribution < -0.4 is 5.32 Å². The Kier molecular flexibility index (Phi) is 5.03. The molecule has 27 heavy (non-hydrogen) atoms. The van der Waals surface area contributed by atoms with Gasteiger partial charge in [-0.05, 0) is 65.9 Å². The first-order valence-corrected chi connectivity index (χ1v) is 9.83. The number of hydrogen-bond donors (Lipinski definition) is 1. The maximum atomic E-state index is 4.50. The Hall–Kier alpha value is -2.53. The van der Waals surface area contributed by atoms with Gasteiger partial charge in [-0.15, -0.1) is 5.10 Å². The van der Waals surface area contributed by atoms with Crippen LogP contribution >= 0.6 is 0 Å². The lowest BCUT2D eigenvalue weighted by molar-refractivity contribution is 0.214. The number of aryl methyl sites for hydroxylation is 2. The summed E-state index contributed by atoms with van der Waals surface area (Å²) in [6, 6.07) is 17.0. The van der Waals surface area contributed by atoms with E-state index in [1.165, 1.54) is 36.0 Å². The largest absolute Gasteiger partial charge is 0.301 e. The summed E-state index contributed by atoms with van der Waals surface area (Å²) in [5, 5.41) is 16.7. The second-order valence-electron chi connectivity index (χ2n) is 7.74. The number of benzene rings is 2. The highest BCUT2D eigenvalue weighted by Gasteiger charge is 2.38. The smallest absolute Gasteiger partial charge is 0.176 e. The van der Waals surface area contributed by atoms with Crippen LogP contribution in [0.25, 0.3) is 5.69 Å². The Balaban J connectivity index is 1.70. The predicted octanol–water partition coefficient (Wildman–Crippen LogP) is 4.23. The summed E-state index contributed by atoms with van der Waals surface area (Å²) in [5.74, 6) is 0.933. The van der Waals surface area contributed by atoms with E-state index in [-0.39, 0.29) is 5.54 Å². The molecule has 3 aromatic rings. The summed E-state index contributed by atoms with van der Waals surface area (Å²) in [6.07, 6.45) is 5.79. The molecule has 0 radical (unpaired) electrons. The number of rotatable bonds is 5. The zero-order valence-corrected chi connectivity index (χ0v) is 16.2. The summed E-state index contributed by atoms with van der Waals surface area (Å²) in [7, 11) is 0. The van der Waals surface area contributed by atoms with E-state index in [0.29, 0.717) is 0 Å². The first kappa shape index (κ1) is 17.9. The molecule has 0 unspecified atom stereocenters. The maximum absolute atomic E-state index is 4.50. The minimum absolute atomic E-state index is 0.185. The molecule has 0 aliphatic heterocycles. The van der Waals surface area contributed by atoms with Crippen molar-refractivity contribution in [3.8, 4) is 5.69 Å². The first-order chi connectivity index (χ1) is 13.2. The van der Waals surface area contributed by atoms with Crippen molar-refractivity contribution in [3.63, 3.8) is 0 Å². The third-order valence-corrected chi connectivity index (χ3v) is 5.53. The van der Waals surface area contributed by atoms with E-state index in [9.17, 15) is 0 Å². The molecule has 5 heteroatoms. The Morgan fingerprint density at radius 3 is 2.37 bits per heavy atom. The van der Waals surface area contributed by atoms with E-state index in [1.807, 2.05) is 4.68 Å². The maximum Gasteiger partial charge on any atom is 0.176 e. The van der Waals surface area contributed by atoms with Gasteiger partial charge in [0.15, 0.2) is 5.82 Å². The normalized spacial score (nSPS) is 16.4. The summed E-state index contributed by atoms with van der Waals surface area (Å²) in [6.45, 7) is 5.05. The molecule has 0 bridgehead atoms. The van der Waals surface area contributed by atoms with Crippen LogP contribution in [0.15, 0.2) is 48.5 Å². The molecule has 5 nitrogen and oxygen atoms in total. The van der Waals surface area contributed by atoms with Gasteiger partial charge in [0.1, 0.15) is 0 Å². The van der Waals surface area contributed by atoms with Crippen LogP contribution in [-0.4, -0.2) is 20.2 Å². The molecule has 1 saturated carbocycles. The third kappa shape index (κ3) is 3.78. The van der Waals surface area contributed by atoms with Crippen LogP contribution in [0, 0.1) is 13.8 Å². The molecule has 140 valence electrons. The molecule has 0 saturated heterocycles. The van der Waals surface area contributed by atoms with Crippen molar-refractivity contribution in [2.24, 2.45) is 0 Å². The van der Waals surface area contributed by atoms with Crippen LogP contribution in [0.4, 0.5) is 0 Å². The number of nitrogens with one attached hydrogen (secondary N) is 1. The van der Waals surface area contributed by atoms with Crippen molar-refractivity contribution in [1.29, 1.82) is 0 Å². The SMILES string of the molecule is Cc1cc(C)cc(-n2nnnc2C2(NCc3ccccc3)CCCCC2)c1. The van der Waals surface area contributed by atoms with E-state index in [1.54, 1.807) is 0 Å². The Morgan fingerprint density at radius 2 is 1.67 bits per heavy atom. The van der Waals surface area contributed by atoms with Gasteiger partial charge >= 0.3 is 0 Å². The van der Waals surface area contributed by atoms with Gasteiger partial charge in [0, 0.05) is 6.54 Å². The second kappa shape index (κ2) is 7.61. The van der Waals surface area contributed by atoms with Gasteiger partial charge in [0.2, 0.25) is 0 Å². The number of tetrazole rings is 1. The summed E-state index contributed by atoms with van der Waals surface area (Å²) >= 11 is 0. The summed E-state index contributed by atoms with van der Waals surface area (Å²) in [4.78, 5) is 0. The van der Waals surface area contributed by atoms with Crippen molar-refractivity contribution >= 4 is 0 Å². The van der Waals surface area contributed by atoms with E-state index < -0.39 is 0 Å². The third-order valence-electron chi connectivity index (χ3n) is 5.53. The van der Waals surface area contributed by atoms with Gasteiger partial charge in [0.25, 0.3) is 0 Å². The molecule has 1 heterocycles. The van der Waals surface area contributed by atoms with Gasteiger partial charge in [0.05, 0.1) is 11.2 Å². The Labute approximate surface area is 160 Å². The molecule has 4 rings (SSSR count). The lowest BCUT2D eigenvalue weighted by Crippen LogP contribution is -2.45. The highest BCUT2D eigenvalue weighted by Crippen LogP contribution is 2.37. The van der Waals surface area contributed by atoms with Gasteiger partial charge in [-0.1, -0.05) is 55.7 Å². The van der Waals surface area contributed by atoms with Crippen molar-refractivity contribution in [1.82, 2.24) is 25.5 Å².